The summed E-state index contributed by atoms with van der Waals surface area (Å²) in [4.78, 5) is 32.5. The van der Waals surface area contributed by atoms with E-state index in [1.807, 2.05) is 32.0 Å². The second-order valence-electron chi connectivity index (χ2n) is 6.27. The molecule has 1 aromatic carbocycles. The van der Waals surface area contributed by atoms with Gasteiger partial charge in [-0.05, 0) is 37.6 Å². The van der Waals surface area contributed by atoms with Crippen LogP contribution in [-0.2, 0) is 11.3 Å². The highest BCUT2D eigenvalue weighted by Crippen LogP contribution is 2.15. The van der Waals surface area contributed by atoms with Crippen molar-refractivity contribution in [1.82, 2.24) is 20.4 Å². The molecule has 0 unspecified atom stereocenters. The molecular weight excluding hydrogens is 344 g/mol. The van der Waals surface area contributed by atoms with Crippen molar-refractivity contribution in [3.63, 3.8) is 0 Å². The van der Waals surface area contributed by atoms with E-state index in [9.17, 15) is 9.59 Å². The highest BCUT2D eigenvalue weighted by Gasteiger charge is 2.13. The molecule has 3 aromatic rings. The zero-order valence-electron chi connectivity index (χ0n) is 15.2. The maximum Gasteiger partial charge on any atom is 0.246 e. The number of pyridine rings is 1. The first-order valence-corrected chi connectivity index (χ1v) is 8.63. The minimum atomic E-state index is -0.239. The van der Waals surface area contributed by atoms with E-state index in [0.29, 0.717) is 17.3 Å². The van der Waals surface area contributed by atoms with Gasteiger partial charge in [-0.25, -0.2) is 0 Å². The third-order valence-corrected chi connectivity index (χ3v) is 4.12. The van der Waals surface area contributed by atoms with E-state index in [-0.39, 0.29) is 31.1 Å². The van der Waals surface area contributed by atoms with Gasteiger partial charge >= 0.3 is 0 Å². The van der Waals surface area contributed by atoms with Gasteiger partial charge in [-0.15, -0.1) is 0 Å². The van der Waals surface area contributed by atoms with E-state index in [0.717, 1.165) is 16.7 Å². The van der Waals surface area contributed by atoms with Crippen LogP contribution in [0.3, 0.4) is 0 Å². The molecule has 0 saturated carbocycles. The van der Waals surface area contributed by atoms with Crippen molar-refractivity contribution in [2.75, 3.05) is 0 Å². The van der Waals surface area contributed by atoms with Crippen molar-refractivity contribution in [2.24, 2.45) is 0 Å². The van der Waals surface area contributed by atoms with Crippen LogP contribution in [0.5, 0.6) is 0 Å². The Kier molecular flexibility index (Phi) is 5.71. The molecular formula is C20H20N4O3. The summed E-state index contributed by atoms with van der Waals surface area (Å²) in [5.41, 5.74) is 3.39. The van der Waals surface area contributed by atoms with Crippen LogP contribution in [0, 0.1) is 13.8 Å². The standard InChI is InChI=1S/C20H20N4O3/c1-13-3-4-14(2)16(11-13)17(25)5-6-18(26)22-12-19-23-20(24-27-19)15-7-9-21-10-8-15/h3-4,7-11H,5-6,12H2,1-2H3,(H,22,26). The molecule has 0 aliphatic carbocycles. The van der Waals surface area contributed by atoms with Gasteiger partial charge in [-0.3, -0.25) is 14.6 Å². The molecule has 0 radical (unpaired) electrons. The first-order chi connectivity index (χ1) is 13.0. The second-order valence-corrected chi connectivity index (χ2v) is 6.27. The number of amides is 1. The van der Waals surface area contributed by atoms with Gasteiger partial charge in [0.05, 0.1) is 6.54 Å². The van der Waals surface area contributed by atoms with Gasteiger partial charge in [0.15, 0.2) is 5.78 Å². The summed E-state index contributed by atoms with van der Waals surface area (Å²) < 4.78 is 5.13. The number of aryl methyl sites for hydroxylation is 2. The van der Waals surface area contributed by atoms with Crippen molar-refractivity contribution < 1.29 is 14.1 Å². The fourth-order valence-electron chi connectivity index (χ4n) is 2.61. The van der Waals surface area contributed by atoms with E-state index in [1.54, 1.807) is 24.5 Å². The van der Waals surface area contributed by atoms with E-state index in [4.69, 9.17) is 4.52 Å². The van der Waals surface area contributed by atoms with Crippen LogP contribution >= 0.6 is 0 Å². The zero-order chi connectivity index (χ0) is 19.2. The minimum absolute atomic E-state index is 0.0379. The van der Waals surface area contributed by atoms with E-state index < -0.39 is 0 Å². The SMILES string of the molecule is Cc1ccc(C)c(C(=O)CCC(=O)NCc2nc(-c3ccncc3)no2)c1. The molecule has 7 nitrogen and oxygen atoms in total. The Bertz CT molecular complexity index is 951. The molecule has 27 heavy (non-hydrogen) atoms. The molecule has 0 bridgehead atoms. The van der Waals surface area contributed by atoms with Crippen LogP contribution in [-0.4, -0.2) is 26.8 Å². The van der Waals surface area contributed by atoms with Crippen molar-refractivity contribution in [3.05, 3.63) is 65.3 Å². The van der Waals surface area contributed by atoms with Crippen LogP contribution in [0.1, 0.15) is 40.2 Å². The number of carbonyl (C=O) groups is 2. The molecule has 0 aliphatic heterocycles. The third kappa shape index (κ3) is 4.84. The number of hydrogen-bond donors (Lipinski definition) is 1. The number of carbonyl (C=O) groups excluding carboxylic acids is 2. The minimum Gasteiger partial charge on any atom is -0.347 e. The number of rotatable bonds is 7. The zero-order valence-corrected chi connectivity index (χ0v) is 15.2. The summed E-state index contributed by atoms with van der Waals surface area (Å²) in [7, 11) is 0. The number of hydrogen-bond acceptors (Lipinski definition) is 6. The van der Waals surface area contributed by atoms with Gasteiger partial charge in [-0.1, -0.05) is 22.9 Å². The number of nitrogens with one attached hydrogen (secondary N) is 1. The molecule has 3 rings (SSSR count). The van der Waals surface area contributed by atoms with Crippen molar-refractivity contribution in [1.29, 1.82) is 0 Å². The summed E-state index contributed by atoms with van der Waals surface area (Å²) in [6.07, 6.45) is 3.54. The van der Waals surface area contributed by atoms with Gasteiger partial charge < -0.3 is 9.84 Å². The van der Waals surface area contributed by atoms with Crippen LogP contribution in [0.25, 0.3) is 11.4 Å². The number of benzene rings is 1. The van der Waals surface area contributed by atoms with Crippen molar-refractivity contribution in [3.8, 4) is 11.4 Å². The fraction of sp³-hybridized carbons (Fsp3) is 0.250. The van der Waals surface area contributed by atoms with Crippen molar-refractivity contribution in [2.45, 2.75) is 33.2 Å². The lowest BCUT2D eigenvalue weighted by Gasteiger charge is -2.06. The average Bonchev–Trinajstić information content (AvgIpc) is 3.16. The largest absolute Gasteiger partial charge is 0.347 e. The van der Waals surface area contributed by atoms with Gasteiger partial charge in [0.1, 0.15) is 0 Å². The third-order valence-electron chi connectivity index (χ3n) is 4.12. The highest BCUT2D eigenvalue weighted by atomic mass is 16.5. The number of aromatic nitrogens is 3. The Labute approximate surface area is 156 Å². The van der Waals surface area contributed by atoms with Crippen LogP contribution in [0.15, 0.2) is 47.2 Å². The molecule has 2 aromatic heterocycles. The Morgan fingerprint density at radius 1 is 1.07 bits per heavy atom. The molecule has 0 spiro atoms. The molecule has 0 fully saturated rings. The predicted octanol–water partition coefficient (Wildman–Crippen LogP) is 3.03. The van der Waals surface area contributed by atoms with Gasteiger partial charge in [-0.2, -0.15) is 4.98 Å². The smallest absolute Gasteiger partial charge is 0.246 e. The molecule has 1 N–H and O–H groups in total. The molecule has 138 valence electrons. The summed E-state index contributed by atoms with van der Waals surface area (Å²) in [5.74, 6) is 0.462. The maximum atomic E-state index is 12.3. The first-order valence-electron chi connectivity index (χ1n) is 8.63. The predicted molar refractivity (Wildman–Crippen MR) is 98.9 cm³/mol. The second kappa shape index (κ2) is 8.35. The van der Waals surface area contributed by atoms with E-state index in [2.05, 4.69) is 20.4 Å². The van der Waals surface area contributed by atoms with E-state index in [1.165, 1.54) is 0 Å². The normalized spacial score (nSPS) is 10.6. The Morgan fingerprint density at radius 2 is 1.85 bits per heavy atom. The molecule has 0 saturated heterocycles. The van der Waals surface area contributed by atoms with Crippen molar-refractivity contribution >= 4 is 11.7 Å². The topological polar surface area (TPSA) is 98.0 Å². The molecule has 2 heterocycles. The molecule has 0 atom stereocenters. The molecule has 7 heteroatoms. The fourth-order valence-corrected chi connectivity index (χ4v) is 2.61. The average molecular weight is 364 g/mol. The summed E-state index contributed by atoms with van der Waals surface area (Å²) in [6.45, 7) is 3.95. The molecule has 0 aliphatic rings. The number of Topliss-reactive ketones (excluding diaryl/α,β-unsaturated/α-hetero) is 1. The van der Waals surface area contributed by atoms with Gasteiger partial charge in [0.25, 0.3) is 0 Å². The maximum absolute atomic E-state index is 12.3. The summed E-state index contributed by atoms with van der Waals surface area (Å²) >= 11 is 0. The Balaban J connectivity index is 1.49. The van der Waals surface area contributed by atoms with Gasteiger partial charge in [0, 0.05) is 36.4 Å². The quantitative estimate of drug-likeness (QED) is 0.647. The number of ketones is 1. The summed E-state index contributed by atoms with van der Waals surface area (Å²) in [5, 5.41) is 6.57. The van der Waals surface area contributed by atoms with Crippen LogP contribution in [0.4, 0.5) is 0 Å². The van der Waals surface area contributed by atoms with E-state index >= 15 is 0 Å². The lowest BCUT2D eigenvalue weighted by atomic mass is 9.99. The summed E-state index contributed by atoms with van der Waals surface area (Å²) in [6, 6.07) is 9.27. The lowest BCUT2D eigenvalue weighted by molar-refractivity contribution is -0.121. The van der Waals surface area contributed by atoms with Crippen LogP contribution < -0.4 is 5.32 Å². The number of nitrogens with zero attached hydrogens (tertiary/aromatic N) is 3. The monoisotopic (exact) mass is 364 g/mol. The Morgan fingerprint density at radius 3 is 2.63 bits per heavy atom. The first kappa shape index (κ1) is 18.4. The lowest BCUT2D eigenvalue weighted by Crippen LogP contribution is -2.23. The Hall–Kier alpha value is -3.35. The van der Waals surface area contributed by atoms with Crippen LogP contribution in [0.2, 0.25) is 0 Å². The molecule has 1 amide bonds. The highest BCUT2D eigenvalue weighted by molar-refractivity contribution is 5.99. The van der Waals surface area contributed by atoms with Gasteiger partial charge in [0.2, 0.25) is 17.6 Å².